The molecule has 0 unspecified atom stereocenters. The van der Waals surface area contributed by atoms with Gasteiger partial charge in [0.25, 0.3) is 5.91 Å². The van der Waals surface area contributed by atoms with Crippen molar-refractivity contribution >= 4 is 5.91 Å². The minimum atomic E-state index is -0.315. The number of rotatable bonds is 5. The van der Waals surface area contributed by atoms with Crippen LogP contribution < -0.4 is 5.32 Å². The molecule has 7 heteroatoms. The van der Waals surface area contributed by atoms with Crippen LogP contribution in [0.2, 0.25) is 0 Å². The summed E-state index contributed by atoms with van der Waals surface area (Å²) in [5.74, 6) is 0.342. The van der Waals surface area contributed by atoms with E-state index in [2.05, 4.69) is 15.4 Å². The van der Waals surface area contributed by atoms with Crippen molar-refractivity contribution in [1.82, 2.24) is 15.4 Å². The van der Waals surface area contributed by atoms with Crippen molar-refractivity contribution in [2.24, 2.45) is 0 Å². The predicted molar refractivity (Wildman–Crippen MR) is 69.8 cm³/mol. The highest BCUT2D eigenvalue weighted by atomic mass is 16.5. The molecule has 0 bridgehead atoms. The van der Waals surface area contributed by atoms with Crippen LogP contribution in [0.5, 0.6) is 0 Å². The van der Waals surface area contributed by atoms with Crippen LogP contribution in [0.3, 0.4) is 0 Å². The fourth-order valence-corrected chi connectivity index (χ4v) is 1.96. The number of morpholine rings is 1. The average molecular weight is 278 g/mol. The molecule has 0 aromatic carbocycles. The lowest BCUT2D eigenvalue weighted by Gasteiger charge is -2.25. The van der Waals surface area contributed by atoms with E-state index in [1.807, 2.05) is 6.07 Å². The zero-order valence-corrected chi connectivity index (χ0v) is 11.5. The molecule has 1 amide bonds. The highest BCUT2D eigenvalue weighted by Gasteiger charge is 2.17. The van der Waals surface area contributed by atoms with Gasteiger partial charge >= 0.3 is 0 Å². The summed E-state index contributed by atoms with van der Waals surface area (Å²) in [5.41, 5.74) is 0.248. The third-order valence-corrected chi connectivity index (χ3v) is 3.05. The lowest BCUT2D eigenvalue weighted by Crippen LogP contribution is -2.35. The van der Waals surface area contributed by atoms with Gasteiger partial charge in [0.05, 0.1) is 32.2 Å². The summed E-state index contributed by atoms with van der Waals surface area (Å²) in [5, 5.41) is 15.0. The topological polar surface area (TPSA) is 91.4 Å². The number of nitriles is 1. The van der Waals surface area contributed by atoms with Crippen molar-refractivity contribution < 1.29 is 14.1 Å². The lowest BCUT2D eigenvalue weighted by molar-refractivity contribution is 0.0305. The molecular formula is C13H18N4O3. The molecule has 1 aromatic heterocycles. The third-order valence-electron chi connectivity index (χ3n) is 3.05. The Morgan fingerprint density at radius 3 is 3.05 bits per heavy atom. The molecule has 1 aromatic rings. The molecule has 0 aliphatic carbocycles. The first-order valence-electron chi connectivity index (χ1n) is 6.62. The summed E-state index contributed by atoms with van der Waals surface area (Å²) >= 11 is 0. The van der Waals surface area contributed by atoms with Crippen LogP contribution in [0.1, 0.15) is 29.6 Å². The largest absolute Gasteiger partial charge is 0.379 e. The van der Waals surface area contributed by atoms with E-state index < -0.39 is 0 Å². The quantitative estimate of drug-likeness (QED) is 0.845. The van der Waals surface area contributed by atoms with E-state index in [9.17, 15) is 4.79 Å². The van der Waals surface area contributed by atoms with Gasteiger partial charge in [-0.25, -0.2) is 0 Å². The smallest absolute Gasteiger partial charge is 0.273 e. The van der Waals surface area contributed by atoms with Gasteiger partial charge in [0.1, 0.15) is 0 Å². The standard InChI is InChI=1S/C13H18N4O3/c1-10(2-3-14)15-13(18)12-8-11(20-16-12)9-17-4-6-19-7-5-17/h8,10H,2,4-7,9H2,1H3,(H,15,18)/t10-/m1/s1. The number of carbonyl (C=O) groups is 1. The fourth-order valence-electron chi connectivity index (χ4n) is 1.96. The molecule has 1 fully saturated rings. The summed E-state index contributed by atoms with van der Waals surface area (Å²) in [6.07, 6.45) is 0.268. The first-order chi connectivity index (χ1) is 9.69. The lowest BCUT2D eigenvalue weighted by atomic mass is 10.2. The van der Waals surface area contributed by atoms with Crippen LogP contribution in [0.15, 0.2) is 10.6 Å². The van der Waals surface area contributed by atoms with Gasteiger partial charge in [-0.3, -0.25) is 9.69 Å². The Kier molecular flexibility index (Phi) is 5.09. The van der Waals surface area contributed by atoms with Gasteiger partial charge in [-0.05, 0) is 6.92 Å². The van der Waals surface area contributed by atoms with Crippen molar-refractivity contribution in [3.8, 4) is 6.07 Å². The Morgan fingerprint density at radius 2 is 2.35 bits per heavy atom. The molecule has 20 heavy (non-hydrogen) atoms. The summed E-state index contributed by atoms with van der Waals surface area (Å²) in [7, 11) is 0. The van der Waals surface area contributed by atoms with Gasteiger partial charge in [-0.1, -0.05) is 5.16 Å². The van der Waals surface area contributed by atoms with E-state index in [1.165, 1.54) is 0 Å². The number of ether oxygens (including phenoxy) is 1. The van der Waals surface area contributed by atoms with Crippen molar-refractivity contribution in [1.29, 1.82) is 5.26 Å². The number of amides is 1. The summed E-state index contributed by atoms with van der Waals surface area (Å²) in [6, 6.07) is 3.45. The molecule has 0 saturated carbocycles. The molecule has 1 atom stereocenters. The predicted octanol–water partition coefficient (Wildman–Crippen LogP) is 0.539. The first-order valence-corrected chi connectivity index (χ1v) is 6.62. The maximum Gasteiger partial charge on any atom is 0.273 e. The fraction of sp³-hybridized carbons (Fsp3) is 0.615. The van der Waals surface area contributed by atoms with E-state index in [0.29, 0.717) is 25.5 Å². The van der Waals surface area contributed by atoms with E-state index in [0.717, 1.165) is 13.1 Å². The maximum atomic E-state index is 11.9. The Labute approximate surface area is 117 Å². The molecule has 1 saturated heterocycles. The molecule has 108 valence electrons. The number of nitrogens with zero attached hydrogens (tertiary/aromatic N) is 3. The van der Waals surface area contributed by atoms with Gasteiger partial charge in [-0.15, -0.1) is 0 Å². The Bertz CT molecular complexity index is 488. The second kappa shape index (κ2) is 7.03. The van der Waals surface area contributed by atoms with Crippen molar-refractivity contribution in [2.45, 2.75) is 25.9 Å². The second-order valence-corrected chi connectivity index (χ2v) is 4.80. The molecule has 0 spiro atoms. The number of aromatic nitrogens is 1. The zero-order chi connectivity index (χ0) is 14.4. The number of nitrogens with one attached hydrogen (secondary N) is 1. The van der Waals surface area contributed by atoms with Crippen molar-refractivity contribution in [3.05, 3.63) is 17.5 Å². The molecular weight excluding hydrogens is 260 g/mol. The van der Waals surface area contributed by atoms with Gasteiger partial charge in [0.15, 0.2) is 11.5 Å². The Hall–Kier alpha value is -1.91. The summed E-state index contributed by atoms with van der Waals surface area (Å²) < 4.78 is 10.4. The zero-order valence-electron chi connectivity index (χ0n) is 11.5. The van der Waals surface area contributed by atoms with Gasteiger partial charge in [0, 0.05) is 25.2 Å². The van der Waals surface area contributed by atoms with Gasteiger partial charge in [0.2, 0.25) is 0 Å². The molecule has 1 N–H and O–H groups in total. The third kappa shape index (κ3) is 4.05. The number of hydrogen-bond donors (Lipinski definition) is 1. The van der Waals surface area contributed by atoms with E-state index in [-0.39, 0.29) is 24.1 Å². The maximum absolute atomic E-state index is 11.9. The Balaban J connectivity index is 1.87. The molecule has 2 rings (SSSR count). The normalized spacial score (nSPS) is 17.4. The van der Waals surface area contributed by atoms with Crippen LogP contribution in [0.4, 0.5) is 0 Å². The molecule has 1 aliphatic heterocycles. The molecule has 2 heterocycles. The van der Waals surface area contributed by atoms with Gasteiger partial charge in [-0.2, -0.15) is 5.26 Å². The SMILES string of the molecule is C[C@H](CC#N)NC(=O)c1cc(CN2CCOCC2)on1. The first kappa shape index (κ1) is 14.5. The van der Waals surface area contributed by atoms with E-state index in [1.54, 1.807) is 13.0 Å². The summed E-state index contributed by atoms with van der Waals surface area (Å²) in [4.78, 5) is 14.0. The van der Waals surface area contributed by atoms with Crippen LogP contribution >= 0.6 is 0 Å². The van der Waals surface area contributed by atoms with E-state index >= 15 is 0 Å². The highest BCUT2D eigenvalue weighted by molar-refractivity contribution is 5.92. The monoisotopic (exact) mass is 278 g/mol. The second-order valence-electron chi connectivity index (χ2n) is 4.80. The minimum Gasteiger partial charge on any atom is -0.379 e. The van der Waals surface area contributed by atoms with Crippen molar-refractivity contribution in [2.75, 3.05) is 26.3 Å². The van der Waals surface area contributed by atoms with Crippen LogP contribution in [0, 0.1) is 11.3 Å². The molecule has 1 aliphatic rings. The molecule has 0 radical (unpaired) electrons. The minimum absolute atomic E-state index is 0.202. The van der Waals surface area contributed by atoms with E-state index in [4.69, 9.17) is 14.5 Å². The number of carbonyl (C=O) groups excluding carboxylic acids is 1. The number of hydrogen-bond acceptors (Lipinski definition) is 6. The van der Waals surface area contributed by atoms with Crippen LogP contribution in [-0.4, -0.2) is 48.3 Å². The van der Waals surface area contributed by atoms with Gasteiger partial charge < -0.3 is 14.6 Å². The van der Waals surface area contributed by atoms with Crippen molar-refractivity contribution in [3.63, 3.8) is 0 Å². The highest BCUT2D eigenvalue weighted by Crippen LogP contribution is 2.09. The Morgan fingerprint density at radius 1 is 1.60 bits per heavy atom. The summed E-state index contributed by atoms with van der Waals surface area (Å²) in [6.45, 7) is 5.52. The van der Waals surface area contributed by atoms with Crippen LogP contribution in [0.25, 0.3) is 0 Å². The molecule has 7 nitrogen and oxygen atoms in total. The average Bonchev–Trinajstić information content (AvgIpc) is 2.89. The van der Waals surface area contributed by atoms with Crippen LogP contribution in [-0.2, 0) is 11.3 Å².